The van der Waals surface area contributed by atoms with E-state index in [0.717, 1.165) is 42.8 Å². The number of hydrogen-bond donors (Lipinski definition) is 2. The zero-order valence-electron chi connectivity index (χ0n) is 14.5. The highest BCUT2D eigenvalue weighted by molar-refractivity contribution is 7.20. The normalized spacial score (nSPS) is 14.8. The van der Waals surface area contributed by atoms with Gasteiger partial charge in [-0.05, 0) is 39.2 Å². The monoisotopic (exact) mass is 363 g/mol. The second-order valence-electron chi connectivity index (χ2n) is 6.92. The Balaban J connectivity index is 2.09. The van der Waals surface area contributed by atoms with E-state index in [-0.39, 0.29) is 5.56 Å². The molecule has 0 bridgehead atoms. The molecule has 1 amide bonds. The van der Waals surface area contributed by atoms with Gasteiger partial charge in [-0.25, -0.2) is 9.78 Å². The molecule has 25 heavy (non-hydrogen) atoms. The fourth-order valence-corrected chi connectivity index (χ4v) is 4.11. The number of aliphatic carboxylic acids is 1. The fourth-order valence-electron chi connectivity index (χ4n) is 3.02. The summed E-state index contributed by atoms with van der Waals surface area (Å²) in [6, 6.07) is 0. The van der Waals surface area contributed by atoms with Crippen molar-refractivity contribution in [3.63, 3.8) is 0 Å². The predicted molar refractivity (Wildman–Crippen MR) is 95.4 cm³/mol. The van der Waals surface area contributed by atoms with Crippen LogP contribution in [0.2, 0.25) is 0 Å². The lowest BCUT2D eigenvalue weighted by Crippen LogP contribution is -2.49. The van der Waals surface area contributed by atoms with Crippen LogP contribution in [-0.2, 0) is 17.8 Å². The van der Waals surface area contributed by atoms with Crippen LogP contribution in [0.3, 0.4) is 0 Å². The number of nitrogens with zero attached hydrogens (tertiary/aromatic N) is 2. The fraction of sp³-hybridized carbons (Fsp3) is 0.529. The summed E-state index contributed by atoms with van der Waals surface area (Å²) in [5, 5.41) is 12.2. The molecule has 0 saturated heterocycles. The third-order valence-corrected chi connectivity index (χ3v) is 5.76. The quantitative estimate of drug-likeness (QED) is 0.869. The van der Waals surface area contributed by atoms with Crippen molar-refractivity contribution in [2.45, 2.75) is 58.5 Å². The topological polar surface area (TPSA) is 101 Å². The molecule has 0 aromatic carbocycles. The summed E-state index contributed by atoms with van der Waals surface area (Å²) in [7, 11) is 0. The van der Waals surface area contributed by atoms with Crippen molar-refractivity contribution in [2.24, 2.45) is 0 Å². The molecule has 2 aromatic rings. The maximum atomic E-state index is 12.9. The zero-order valence-corrected chi connectivity index (χ0v) is 15.3. The highest BCUT2D eigenvalue weighted by Crippen LogP contribution is 2.28. The number of carboxylic acid groups (broad SMARTS) is 1. The first-order valence-corrected chi connectivity index (χ1v) is 9.12. The lowest BCUT2D eigenvalue weighted by molar-refractivity contribution is -0.143. The van der Waals surface area contributed by atoms with Gasteiger partial charge in [-0.1, -0.05) is 6.42 Å². The molecule has 0 atom stereocenters. The third kappa shape index (κ3) is 3.06. The first kappa shape index (κ1) is 17.6. The molecule has 2 N–H and O–H groups in total. The highest BCUT2D eigenvalue weighted by Gasteiger charge is 2.31. The minimum Gasteiger partial charge on any atom is -0.480 e. The van der Waals surface area contributed by atoms with Gasteiger partial charge in [-0.3, -0.25) is 14.2 Å². The van der Waals surface area contributed by atoms with E-state index in [0.29, 0.717) is 27.2 Å². The minimum atomic E-state index is -1.39. The Morgan fingerprint density at radius 3 is 2.68 bits per heavy atom. The standard InChI is InChI=1S/C17H21N3O4S/c1-9-11-14(18-10-7-5-4-6-8-20(10)15(11)22)25-12(9)13(21)19-17(2,3)16(23)24/h4-8H2,1-3H3,(H,19,21)(H,23,24). The van der Waals surface area contributed by atoms with Crippen LogP contribution in [0.15, 0.2) is 4.79 Å². The molecular formula is C17H21N3O4S. The van der Waals surface area contributed by atoms with Crippen LogP contribution >= 0.6 is 11.3 Å². The molecule has 0 saturated carbocycles. The van der Waals surface area contributed by atoms with E-state index >= 15 is 0 Å². The van der Waals surface area contributed by atoms with E-state index in [4.69, 9.17) is 0 Å². The van der Waals surface area contributed by atoms with Gasteiger partial charge in [0.25, 0.3) is 11.5 Å². The van der Waals surface area contributed by atoms with Crippen LogP contribution in [-0.4, -0.2) is 32.1 Å². The summed E-state index contributed by atoms with van der Waals surface area (Å²) in [6.45, 7) is 5.21. The Morgan fingerprint density at radius 2 is 2.00 bits per heavy atom. The molecular weight excluding hydrogens is 342 g/mol. The van der Waals surface area contributed by atoms with Crippen LogP contribution in [0, 0.1) is 6.92 Å². The number of amides is 1. The lowest BCUT2D eigenvalue weighted by Gasteiger charge is -2.20. The number of nitrogens with one attached hydrogen (secondary N) is 1. The second-order valence-corrected chi connectivity index (χ2v) is 7.92. The predicted octanol–water partition coefficient (Wildman–Crippen LogP) is 2.09. The number of aromatic nitrogens is 2. The molecule has 0 aliphatic carbocycles. The molecule has 134 valence electrons. The number of aryl methyl sites for hydroxylation is 2. The highest BCUT2D eigenvalue weighted by atomic mass is 32.1. The molecule has 7 nitrogen and oxygen atoms in total. The smallest absolute Gasteiger partial charge is 0.328 e. The van der Waals surface area contributed by atoms with E-state index in [1.807, 2.05) is 0 Å². The number of fused-ring (bicyclic) bond motifs is 2. The van der Waals surface area contributed by atoms with E-state index in [2.05, 4.69) is 10.3 Å². The van der Waals surface area contributed by atoms with Gasteiger partial charge in [0, 0.05) is 13.0 Å². The SMILES string of the molecule is Cc1c(C(=O)NC(C)(C)C(=O)O)sc2nc3n(c(=O)c12)CCCCC3. The number of thiophene rings is 1. The van der Waals surface area contributed by atoms with Crippen LogP contribution in [0.1, 0.15) is 54.2 Å². The van der Waals surface area contributed by atoms with Gasteiger partial charge < -0.3 is 10.4 Å². The zero-order chi connectivity index (χ0) is 18.4. The number of carbonyl (C=O) groups excluding carboxylic acids is 1. The Hall–Kier alpha value is -2.22. The molecule has 1 aliphatic rings. The van der Waals surface area contributed by atoms with Crippen LogP contribution in [0.4, 0.5) is 0 Å². The molecule has 0 radical (unpaired) electrons. The summed E-state index contributed by atoms with van der Waals surface area (Å²) in [6.07, 6.45) is 3.79. The molecule has 8 heteroatoms. The summed E-state index contributed by atoms with van der Waals surface area (Å²) >= 11 is 1.15. The van der Waals surface area contributed by atoms with Crippen molar-refractivity contribution in [1.29, 1.82) is 0 Å². The summed E-state index contributed by atoms with van der Waals surface area (Å²) in [5.41, 5.74) is -0.929. The van der Waals surface area contributed by atoms with Crippen LogP contribution in [0.25, 0.3) is 10.2 Å². The van der Waals surface area contributed by atoms with E-state index in [1.54, 1.807) is 11.5 Å². The van der Waals surface area contributed by atoms with Crippen LogP contribution in [0.5, 0.6) is 0 Å². The van der Waals surface area contributed by atoms with Crippen molar-refractivity contribution in [3.05, 3.63) is 26.6 Å². The van der Waals surface area contributed by atoms with E-state index in [1.165, 1.54) is 13.8 Å². The molecule has 0 unspecified atom stereocenters. The van der Waals surface area contributed by atoms with Gasteiger partial charge >= 0.3 is 5.97 Å². The third-order valence-electron chi connectivity index (χ3n) is 4.58. The molecule has 0 spiro atoms. The van der Waals surface area contributed by atoms with Crippen LogP contribution < -0.4 is 10.9 Å². The number of carboxylic acids is 1. The van der Waals surface area contributed by atoms with Gasteiger partial charge in [0.05, 0.1) is 10.3 Å². The van der Waals surface area contributed by atoms with Crippen molar-refractivity contribution in [3.8, 4) is 0 Å². The molecule has 3 heterocycles. The number of hydrogen-bond acceptors (Lipinski definition) is 5. The first-order chi connectivity index (χ1) is 11.7. The van der Waals surface area contributed by atoms with Gasteiger partial charge in [0.2, 0.25) is 0 Å². The average Bonchev–Trinajstić information content (AvgIpc) is 2.70. The van der Waals surface area contributed by atoms with Crippen molar-refractivity contribution < 1.29 is 14.7 Å². The van der Waals surface area contributed by atoms with Crippen molar-refractivity contribution >= 4 is 33.4 Å². The maximum absolute atomic E-state index is 12.9. The Kier molecular flexibility index (Phi) is 4.40. The van der Waals surface area contributed by atoms with Gasteiger partial charge in [-0.15, -0.1) is 11.3 Å². The Morgan fingerprint density at radius 1 is 1.28 bits per heavy atom. The average molecular weight is 363 g/mol. The summed E-state index contributed by atoms with van der Waals surface area (Å²) in [4.78, 5) is 42.2. The van der Waals surface area contributed by atoms with Crippen molar-refractivity contribution in [2.75, 3.05) is 0 Å². The molecule has 0 fully saturated rings. The first-order valence-electron chi connectivity index (χ1n) is 8.31. The van der Waals surface area contributed by atoms with E-state index < -0.39 is 17.4 Å². The molecule has 2 aromatic heterocycles. The van der Waals surface area contributed by atoms with Gasteiger partial charge in [-0.2, -0.15) is 0 Å². The Bertz CT molecular complexity index is 926. The summed E-state index contributed by atoms with van der Waals surface area (Å²) in [5.74, 6) is -0.842. The Labute approximate surface area is 148 Å². The minimum absolute atomic E-state index is 0.104. The molecule has 1 aliphatic heterocycles. The molecule has 3 rings (SSSR count). The number of rotatable bonds is 3. The summed E-state index contributed by atoms with van der Waals surface area (Å²) < 4.78 is 1.72. The van der Waals surface area contributed by atoms with Gasteiger partial charge in [0.1, 0.15) is 16.2 Å². The maximum Gasteiger partial charge on any atom is 0.328 e. The van der Waals surface area contributed by atoms with E-state index in [9.17, 15) is 19.5 Å². The largest absolute Gasteiger partial charge is 0.480 e. The van der Waals surface area contributed by atoms with Crippen molar-refractivity contribution in [1.82, 2.24) is 14.9 Å². The second kappa shape index (κ2) is 6.25. The number of carbonyl (C=O) groups is 2. The lowest BCUT2D eigenvalue weighted by atomic mass is 10.1. The van der Waals surface area contributed by atoms with Gasteiger partial charge in [0.15, 0.2) is 0 Å².